The number of aromatic nitrogens is 1. The fourth-order valence-electron chi connectivity index (χ4n) is 2.46. The van der Waals surface area contributed by atoms with Crippen LogP contribution in [0.4, 0.5) is 0 Å². The lowest BCUT2D eigenvalue weighted by Gasteiger charge is -2.06. The molecule has 8 heteroatoms. The summed E-state index contributed by atoms with van der Waals surface area (Å²) in [5.41, 5.74) is 1.62. The van der Waals surface area contributed by atoms with Crippen molar-refractivity contribution in [1.82, 2.24) is 4.98 Å². The van der Waals surface area contributed by atoms with Gasteiger partial charge >= 0.3 is 0 Å². The maximum atomic E-state index is 12.9. The van der Waals surface area contributed by atoms with Gasteiger partial charge in [-0.25, -0.2) is 4.98 Å². The molecule has 0 fully saturated rings. The molecule has 0 amide bonds. The minimum Gasteiger partial charge on any atom is -0.229 e. The number of sulfonamides is 1. The van der Waals surface area contributed by atoms with Crippen LogP contribution in [0.3, 0.4) is 0 Å². The highest BCUT2D eigenvalue weighted by Crippen LogP contribution is 2.32. The van der Waals surface area contributed by atoms with Gasteiger partial charge in [-0.05, 0) is 48.2 Å². The maximum Gasteiger partial charge on any atom is 0.283 e. The van der Waals surface area contributed by atoms with Crippen molar-refractivity contribution < 1.29 is 8.42 Å². The van der Waals surface area contributed by atoms with Gasteiger partial charge in [-0.3, -0.25) is 0 Å². The Balaban J connectivity index is 1.77. The molecular weight excluding hydrogens is 476 g/mol. The Labute approximate surface area is 179 Å². The summed E-state index contributed by atoms with van der Waals surface area (Å²) in [5.74, 6) is 0. The Morgan fingerprint density at radius 3 is 2.32 bits per heavy atom. The molecule has 4 nitrogen and oxygen atoms in total. The quantitative estimate of drug-likeness (QED) is 0.201. The van der Waals surface area contributed by atoms with Crippen molar-refractivity contribution >= 4 is 64.3 Å². The number of thioether (sulfide) groups is 1. The summed E-state index contributed by atoms with van der Waals surface area (Å²) in [6.45, 7) is 0. The average molecular weight is 489 g/mol. The van der Waals surface area contributed by atoms with Crippen LogP contribution in [-0.4, -0.2) is 18.4 Å². The number of para-hydroxylation sites is 1. The first-order chi connectivity index (χ1) is 13.5. The average Bonchev–Trinajstić information content (AvgIpc) is 3.11. The highest BCUT2D eigenvalue weighted by atomic mass is 79.9. The van der Waals surface area contributed by atoms with Crippen LogP contribution in [0.5, 0.6) is 0 Å². The topological polar surface area (TPSA) is 59.4 Å². The van der Waals surface area contributed by atoms with E-state index in [4.69, 9.17) is 0 Å². The first kappa shape index (κ1) is 19.3. The number of hydrogen-bond donors (Lipinski definition) is 0. The zero-order chi connectivity index (χ0) is 19.6. The lowest BCUT2D eigenvalue weighted by atomic mass is 10.2. The Kier molecular flexibility index (Phi) is 5.63. The number of thiazole rings is 1. The second kappa shape index (κ2) is 8.16. The Morgan fingerprint density at radius 2 is 1.61 bits per heavy atom. The van der Waals surface area contributed by atoms with E-state index in [1.165, 1.54) is 35.2 Å². The normalized spacial score (nSPS) is 12.4. The summed E-state index contributed by atoms with van der Waals surface area (Å²) < 4.78 is 32.5. The minimum atomic E-state index is -3.85. The molecule has 0 radical (unpaired) electrons. The molecule has 4 rings (SSSR count). The molecule has 0 aliphatic rings. The van der Waals surface area contributed by atoms with E-state index in [0.717, 1.165) is 24.6 Å². The monoisotopic (exact) mass is 488 g/mol. The van der Waals surface area contributed by atoms with Crippen LogP contribution in [-0.2, 0) is 10.0 Å². The highest BCUT2D eigenvalue weighted by molar-refractivity contribution is 9.10. The predicted molar refractivity (Wildman–Crippen MR) is 120 cm³/mol. The third-order valence-electron chi connectivity index (χ3n) is 3.79. The van der Waals surface area contributed by atoms with E-state index in [2.05, 4.69) is 25.3 Å². The largest absolute Gasteiger partial charge is 0.283 e. The van der Waals surface area contributed by atoms with Crippen LogP contribution >= 0.6 is 39.0 Å². The van der Waals surface area contributed by atoms with Crippen molar-refractivity contribution in [3.63, 3.8) is 0 Å². The number of rotatable bonds is 4. The Hall–Kier alpha value is -2.00. The summed E-state index contributed by atoms with van der Waals surface area (Å²) in [6, 6.07) is 23.5. The second-order valence-corrected chi connectivity index (χ2v) is 10.5. The lowest BCUT2D eigenvalue weighted by Crippen LogP contribution is -2.03. The molecule has 0 atom stereocenters. The Morgan fingerprint density at radius 1 is 0.929 bits per heavy atom. The van der Waals surface area contributed by atoms with E-state index < -0.39 is 10.0 Å². The molecule has 140 valence electrons. The second-order valence-electron chi connectivity index (χ2n) is 5.74. The smallest absolute Gasteiger partial charge is 0.229 e. The van der Waals surface area contributed by atoms with Crippen LogP contribution in [0.25, 0.3) is 10.2 Å². The van der Waals surface area contributed by atoms with Crippen molar-refractivity contribution in [2.45, 2.75) is 9.24 Å². The molecule has 0 bridgehead atoms. The molecule has 3 aromatic carbocycles. The van der Waals surface area contributed by atoms with Crippen molar-refractivity contribution in [2.75, 3.05) is 0 Å². The van der Waals surface area contributed by atoms with Gasteiger partial charge < -0.3 is 0 Å². The number of benzene rings is 3. The van der Waals surface area contributed by atoms with E-state index in [1.54, 1.807) is 12.1 Å². The lowest BCUT2D eigenvalue weighted by molar-refractivity contribution is 0.598. The first-order valence-electron chi connectivity index (χ1n) is 8.21. The molecule has 0 saturated carbocycles. The molecule has 1 aromatic heterocycles. The summed E-state index contributed by atoms with van der Waals surface area (Å²) in [4.78, 5) is 4.74. The molecule has 4 aromatic rings. The summed E-state index contributed by atoms with van der Waals surface area (Å²) in [6.07, 6.45) is 0. The van der Waals surface area contributed by atoms with E-state index in [-0.39, 0.29) is 4.90 Å². The van der Waals surface area contributed by atoms with Crippen molar-refractivity contribution in [1.29, 1.82) is 0 Å². The van der Waals surface area contributed by atoms with Gasteiger partial charge in [0.05, 0.1) is 15.1 Å². The zero-order valence-electron chi connectivity index (χ0n) is 14.3. The van der Waals surface area contributed by atoms with E-state index in [0.29, 0.717) is 5.04 Å². The van der Waals surface area contributed by atoms with Gasteiger partial charge in [-0.15, -0.1) is 11.3 Å². The molecule has 1 heterocycles. The number of hydrogen-bond acceptors (Lipinski definition) is 5. The molecule has 28 heavy (non-hydrogen) atoms. The van der Waals surface area contributed by atoms with Crippen LogP contribution in [0, 0.1) is 0 Å². The number of fused-ring (bicyclic) bond motifs is 1. The molecule has 0 aliphatic heterocycles. The summed E-state index contributed by atoms with van der Waals surface area (Å²) in [5, 5.41) is 0.391. The third kappa shape index (κ3) is 4.35. The van der Waals surface area contributed by atoms with Gasteiger partial charge in [-0.2, -0.15) is 12.8 Å². The summed E-state index contributed by atoms with van der Waals surface area (Å²) in [7, 11) is -3.85. The molecule has 0 saturated heterocycles. The van der Waals surface area contributed by atoms with Crippen molar-refractivity contribution in [3.05, 3.63) is 88.9 Å². The highest BCUT2D eigenvalue weighted by Gasteiger charge is 2.18. The first-order valence-corrected chi connectivity index (χ1v) is 12.1. The molecule has 0 unspecified atom stereocenters. The zero-order valence-corrected chi connectivity index (χ0v) is 18.4. The van der Waals surface area contributed by atoms with Gasteiger partial charge in [0.25, 0.3) is 10.0 Å². The van der Waals surface area contributed by atoms with Gasteiger partial charge in [0.15, 0.2) is 4.34 Å². The fourth-order valence-corrected chi connectivity index (χ4v) is 6.01. The van der Waals surface area contributed by atoms with Gasteiger partial charge in [-0.1, -0.05) is 58.4 Å². The van der Waals surface area contributed by atoms with Gasteiger partial charge in [0, 0.05) is 10.0 Å². The van der Waals surface area contributed by atoms with E-state index >= 15 is 0 Å². The van der Waals surface area contributed by atoms with Crippen molar-refractivity contribution in [2.24, 2.45) is 4.40 Å². The van der Waals surface area contributed by atoms with Crippen LogP contribution < -0.4 is 0 Å². The molecule has 0 N–H and O–H groups in total. The minimum absolute atomic E-state index is 0.147. The SMILES string of the molecule is O=S(=O)(N=C(Sc1nc2ccccc2s1)c1ccccc1)c1ccc(Br)cc1. The van der Waals surface area contributed by atoms with Crippen LogP contribution in [0.2, 0.25) is 0 Å². The molecule has 0 spiro atoms. The van der Waals surface area contributed by atoms with E-state index in [1.807, 2.05) is 54.6 Å². The van der Waals surface area contributed by atoms with E-state index in [9.17, 15) is 8.42 Å². The number of halogens is 1. The predicted octanol–water partition coefficient (Wildman–Crippen LogP) is 5.99. The van der Waals surface area contributed by atoms with Gasteiger partial charge in [0.2, 0.25) is 0 Å². The fraction of sp³-hybridized carbons (Fsp3) is 0. The molecular formula is C20H13BrN2O2S3. The van der Waals surface area contributed by atoms with Gasteiger partial charge in [0.1, 0.15) is 5.04 Å². The summed E-state index contributed by atoms with van der Waals surface area (Å²) >= 11 is 6.09. The van der Waals surface area contributed by atoms with Crippen LogP contribution in [0.15, 0.2) is 97.0 Å². The van der Waals surface area contributed by atoms with Crippen LogP contribution in [0.1, 0.15) is 5.56 Å². The number of nitrogens with zero attached hydrogens (tertiary/aromatic N) is 2. The third-order valence-corrected chi connectivity index (χ3v) is 7.85. The van der Waals surface area contributed by atoms with Crippen molar-refractivity contribution in [3.8, 4) is 0 Å². The maximum absolute atomic E-state index is 12.9. The standard InChI is InChI=1S/C20H13BrN2O2S3/c21-15-10-12-16(13-11-15)28(24,25)23-19(14-6-2-1-3-7-14)27-20-22-17-8-4-5-9-18(17)26-20/h1-13H. The molecule has 0 aliphatic carbocycles. The Bertz CT molecular complexity index is 1220.